The average molecular weight is 256 g/mol. The van der Waals surface area contributed by atoms with Gasteiger partial charge in [-0.05, 0) is 51.6 Å². The van der Waals surface area contributed by atoms with E-state index in [0.717, 1.165) is 19.6 Å². The highest BCUT2D eigenvalue weighted by Crippen LogP contribution is 2.14. The summed E-state index contributed by atoms with van der Waals surface area (Å²) < 4.78 is 5.34. The topological polar surface area (TPSA) is 41.6 Å². The maximum atomic E-state index is 12.0. The molecule has 0 aromatic carbocycles. The van der Waals surface area contributed by atoms with Gasteiger partial charge in [0.15, 0.2) is 0 Å². The van der Waals surface area contributed by atoms with Gasteiger partial charge in [-0.3, -0.25) is 0 Å². The molecule has 1 heterocycles. The minimum atomic E-state index is -0.163. The van der Waals surface area contributed by atoms with E-state index in [1.54, 1.807) is 0 Å². The lowest BCUT2D eigenvalue weighted by Crippen LogP contribution is -2.44. The Hall–Kier alpha value is -0.770. The van der Waals surface area contributed by atoms with Gasteiger partial charge in [0.25, 0.3) is 0 Å². The van der Waals surface area contributed by atoms with Gasteiger partial charge in [0.05, 0.1) is 6.61 Å². The van der Waals surface area contributed by atoms with Crippen LogP contribution in [-0.2, 0) is 4.74 Å². The van der Waals surface area contributed by atoms with Crippen LogP contribution in [0.3, 0.4) is 0 Å². The third-order valence-corrected chi connectivity index (χ3v) is 3.25. The third kappa shape index (κ3) is 5.25. The Morgan fingerprint density at radius 3 is 2.61 bits per heavy atom. The van der Waals surface area contributed by atoms with E-state index in [4.69, 9.17) is 4.74 Å². The summed E-state index contributed by atoms with van der Waals surface area (Å²) in [5.41, 5.74) is 0. The SMILES string of the molecule is CC(C)COC(=O)N(CC1CCCNC1)C(C)C. The van der Waals surface area contributed by atoms with Crippen LogP contribution in [0.2, 0.25) is 0 Å². The van der Waals surface area contributed by atoms with Crippen molar-refractivity contribution in [2.45, 2.75) is 46.6 Å². The fraction of sp³-hybridized carbons (Fsp3) is 0.929. The number of ether oxygens (including phenoxy) is 1. The molecule has 1 fully saturated rings. The molecule has 4 heteroatoms. The lowest BCUT2D eigenvalue weighted by Gasteiger charge is -2.32. The number of amides is 1. The molecule has 106 valence electrons. The van der Waals surface area contributed by atoms with Crippen molar-refractivity contribution in [3.63, 3.8) is 0 Å². The van der Waals surface area contributed by atoms with Gasteiger partial charge in [0, 0.05) is 12.6 Å². The molecule has 1 amide bonds. The monoisotopic (exact) mass is 256 g/mol. The Morgan fingerprint density at radius 2 is 2.11 bits per heavy atom. The molecule has 0 radical (unpaired) electrons. The van der Waals surface area contributed by atoms with Crippen LogP contribution < -0.4 is 5.32 Å². The van der Waals surface area contributed by atoms with E-state index in [0.29, 0.717) is 18.4 Å². The first-order valence-electron chi connectivity index (χ1n) is 7.14. The van der Waals surface area contributed by atoms with Crippen molar-refractivity contribution in [2.24, 2.45) is 11.8 Å². The number of nitrogens with one attached hydrogen (secondary N) is 1. The van der Waals surface area contributed by atoms with Crippen molar-refractivity contribution >= 4 is 6.09 Å². The summed E-state index contributed by atoms with van der Waals surface area (Å²) in [5.74, 6) is 0.951. The zero-order valence-electron chi connectivity index (χ0n) is 12.2. The van der Waals surface area contributed by atoms with Gasteiger partial charge in [-0.15, -0.1) is 0 Å². The largest absolute Gasteiger partial charge is 0.449 e. The second-order valence-corrected chi connectivity index (χ2v) is 5.93. The molecule has 18 heavy (non-hydrogen) atoms. The fourth-order valence-electron chi connectivity index (χ4n) is 2.18. The van der Waals surface area contributed by atoms with E-state index in [1.807, 2.05) is 18.7 Å². The fourth-order valence-corrected chi connectivity index (χ4v) is 2.18. The van der Waals surface area contributed by atoms with Crippen LogP contribution in [-0.4, -0.2) is 43.3 Å². The highest BCUT2D eigenvalue weighted by molar-refractivity contribution is 5.68. The van der Waals surface area contributed by atoms with Crippen LogP contribution in [0, 0.1) is 11.8 Å². The van der Waals surface area contributed by atoms with Crippen molar-refractivity contribution in [2.75, 3.05) is 26.2 Å². The molecule has 1 aliphatic heterocycles. The van der Waals surface area contributed by atoms with Crippen molar-refractivity contribution in [3.05, 3.63) is 0 Å². The summed E-state index contributed by atoms with van der Waals surface area (Å²) in [6, 6.07) is 0.201. The number of hydrogen-bond acceptors (Lipinski definition) is 3. The minimum absolute atomic E-state index is 0.163. The second-order valence-electron chi connectivity index (χ2n) is 5.93. The number of carbonyl (C=O) groups excluding carboxylic acids is 1. The molecular formula is C14H28N2O2. The van der Waals surface area contributed by atoms with E-state index in [2.05, 4.69) is 19.2 Å². The van der Waals surface area contributed by atoms with Crippen molar-refractivity contribution < 1.29 is 9.53 Å². The quantitative estimate of drug-likeness (QED) is 0.821. The molecule has 1 atom stereocenters. The van der Waals surface area contributed by atoms with E-state index in [9.17, 15) is 4.79 Å². The first kappa shape index (κ1) is 15.3. The zero-order chi connectivity index (χ0) is 13.5. The Morgan fingerprint density at radius 1 is 1.39 bits per heavy atom. The van der Waals surface area contributed by atoms with Crippen LogP contribution in [0.5, 0.6) is 0 Å². The van der Waals surface area contributed by atoms with Gasteiger partial charge in [0.1, 0.15) is 0 Å². The molecule has 1 aliphatic rings. The molecule has 0 spiro atoms. The van der Waals surface area contributed by atoms with Crippen LogP contribution >= 0.6 is 0 Å². The lowest BCUT2D eigenvalue weighted by molar-refractivity contribution is 0.0737. The number of carbonyl (C=O) groups is 1. The number of piperidine rings is 1. The summed E-state index contributed by atoms with van der Waals surface area (Å²) in [6.07, 6.45) is 2.25. The molecule has 1 rings (SSSR count). The van der Waals surface area contributed by atoms with Gasteiger partial charge in [-0.2, -0.15) is 0 Å². The molecule has 0 aromatic rings. The summed E-state index contributed by atoms with van der Waals surface area (Å²) in [5, 5.41) is 3.39. The van der Waals surface area contributed by atoms with Gasteiger partial charge < -0.3 is 15.0 Å². The average Bonchev–Trinajstić information content (AvgIpc) is 2.34. The predicted octanol–water partition coefficient (Wildman–Crippen LogP) is 2.49. The molecule has 0 bridgehead atoms. The summed E-state index contributed by atoms with van der Waals surface area (Å²) in [6.45, 7) is 11.6. The van der Waals surface area contributed by atoms with E-state index >= 15 is 0 Å². The van der Waals surface area contributed by atoms with Crippen LogP contribution in [0.1, 0.15) is 40.5 Å². The maximum Gasteiger partial charge on any atom is 0.410 e. The maximum absolute atomic E-state index is 12.0. The van der Waals surface area contributed by atoms with Crippen LogP contribution in [0.15, 0.2) is 0 Å². The van der Waals surface area contributed by atoms with Crippen molar-refractivity contribution in [1.29, 1.82) is 0 Å². The molecule has 1 unspecified atom stereocenters. The van der Waals surface area contributed by atoms with Gasteiger partial charge in [0.2, 0.25) is 0 Å². The molecule has 1 N–H and O–H groups in total. The van der Waals surface area contributed by atoms with Crippen LogP contribution in [0.25, 0.3) is 0 Å². The Labute approximate surface area is 111 Å². The van der Waals surface area contributed by atoms with Gasteiger partial charge >= 0.3 is 6.09 Å². The third-order valence-electron chi connectivity index (χ3n) is 3.25. The predicted molar refractivity (Wildman–Crippen MR) is 73.6 cm³/mol. The van der Waals surface area contributed by atoms with Crippen molar-refractivity contribution in [1.82, 2.24) is 10.2 Å². The van der Waals surface area contributed by atoms with Crippen molar-refractivity contribution in [3.8, 4) is 0 Å². The molecule has 0 saturated carbocycles. The van der Waals surface area contributed by atoms with E-state index < -0.39 is 0 Å². The molecule has 0 aromatic heterocycles. The molecule has 0 aliphatic carbocycles. The van der Waals surface area contributed by atoms with Crippen LogP contribution in [0.4, 0.5) is 4.79 Å². The minimum Gasteiger partial charge on any atom is -0.449 e. The van der Waals surface area contributed by atoms with Gasteiger partial charge in [-0.1, -0.05) is 13.8 Å². The van der Waals surface area contributed by atoms with Gasteiger partial charge in [-0.25, -0.2) is 4.79 Å². The normalized spacial score (nSPS) is 20.2. The smallest absolute Gasteiger partial charge is 0.410 e. The molecule has 1 saturated heterocycles. The number of nitrogens with zero attached hydrogens (tertiary/aromatic N) is 1. The molecule has 4 nitrogen and oxygen atoms in total. The Balaban J connectivity index is 2.44. The Bertz CT molecular complexity index is 248. The highest BCUT2D eigenvalue weighted by atomic mass is 16.6. The lowest BCUT2D eigenvalue weighted by atomic mass is 9.99. The second kappa shape index (κ2) is 7.62. The first-order valence-corrected chi connectivity index (χ1v) is 7.14. The number of rotatable bonds is 5. The summed E-state index contributed by atoms with van der Waals surface area (Å²) >= 11 is 0. The highest BCUT2D eigenvalue weighted by Gasteiger charge is 2.23. The standard InChI is InChI=1S/C14H28N2O2/c1-11(2)10-18-14(17)16(12(3)4)9-13-6-5-7-15-8-13/h11-13,15H,5-10H2,1-4H3. The first-order chi connectivity index (χ1) is 8.50. The summed E-state index contributed by atoms with van der Waals surface area (Å²) in [7, 11) is 0. The van der Waals surface area contributed by atoms with E-state index in [-0.39, 0.29) is 12.1 Å². The zero-order valence-corrected chi connectivity index (χ0v) is 12.2. The Kier molecular flexibility index (Phi) is 6.47. The molecular weight excluding hydrogens is 228 g/mol. The number of hydrogen-bond donors (Lipinski definition) is 1. The van der Waals surface area contributed by atoms with E-state index in [1.165, 1.54) is 12.8 Å². The summed E-state index contributed by atoms with van der Waals surface area (Å²) in [4.78, 5) is 13.9.